The number of carbonyl (C=O) groups excluding carboxylic acids is 1. The Labute approximate surface area is 98.3 Å². The molecule has 0 aromatic carbocycles. The molecule has 17 heavy (non-hydrogen) atoms. The summed E-state index contributed by atoms with van der Waals surface area (Å²) >= 11 is 0. The van der Waals surface area contributed by atoms with Gasteiger partial charge in [0.2, 0.25) is 0 Å². The van der Waals surface area contributed by atoms with E-state index in [1.165, 1.54) is 11.8 Å². The third-order valence-corrected chi connectivity index (χ3v) is 2.37. The molecule has 0 atom stereocenters. The van der Waals surface area contributed by atoms with Crippen LogP contribution in [0.5, 0.6) is 0 Å². The number of aromatic nitrogens is 4. The molecule has 0 unspecified atom stereocenters. The molecule has 0 amide bonds. The molecule has 0 bridgehead atoms. The molecule has 0 aliphatic rings. The highest BCUT2D eigenvalue weighted by Crippen LogP contribution is 2.21. The molecular weight excluding hydrogens is 220 g/mol. The van der Waals surface area contributed by atoms with Crippen LogP contribution in [0.15, 0.2) is 18.5 Å². The first-order chi connectivity index (χ1) is 8.13. The van der Waals surface area contributed by atoms with Gasteiger partial charge in [-0.25, -0.2) is 14.8 Å². The van der Waals surface area contributed by atoms with Gasteiger partial charge in [0.1, 0.15) is 5.82 Å². The Morgan fingerprint density at radius 2 is 2.24 bits per heavy atom. The Balaban J connectivity index is 2.57. The first-order valence-electron chi connectivity index (χ1n) is 5.04. The summed E-state index contributed by atoms with van der Waals surface area (Å²) in [5.41, 5.74) is 1.68. The Bertz CT molecular complexity index is 562. The van der Waals surface area contributed by atoms with E-state index in [1.807, 2.05) is 0 Å². The molecule has 0 aliphatic carbocycles. The van der Waals surface area contributed by atoms with Crippen molar-refractivity contribution in [3.8, 4) is 11.3 Å². The Morgan fingerprint density at radius 3 is 2.88 bits per heavy atom. The standard InChI is InChI=1S/C11H12N4O2/c1-7-12-5-4-9(14-7)8-6-13-15(2)10(8)11(16)17-3/h4-6H,1-3H3. The van der Waals surface area contributed by atoms with Crippen LogP contribution in [0.25, 0.3) is 11.3 Å². The summed E-state index contributed by atoms with van der Waals surface area (Å²) in [6, 6.07) is 1.73. The molecular formula is C11H12N4O2. The van der Waals surface area contributed by atoms with Crippen molar-refractivity contribution in [3.05, 3.63) is 30.0 Å². The zero-order chi connectivity index (χ0) is 12.4. The van der Waals surface area contributed by atoms with Gasteiger partial charge in [-0.2, -0.15) is 5.10 Å². The number of methoxy groups -OCH3 is 1. The second-order valence-electron chi connectivity index (χ2n) is 3.51. The Morgan fingerprint density at radius 1 is 1.47 bits per heavy atom. The average Bonchev–Trinajstić information content (AvgIpc) is 2.70. The maximum Gasteiger partial charge on any atom is 0.357 e. The largest absolute Gasteiger partial charge is 0.464 e. The average molecular weight is 232 g/mol. The van der Waals surface area contributed by atoms with Crippen molar-refractivity contribution in [1.82, 2.24) is 19.7 Å². The molecule has 0 aliphatic heterocycles. The topological polar surface area (TPSA) is 69.9 Å². The molecule has 2 aromatic rings. The lowest BCUT2D eigenvalue weighted by atomic mass is 10.2. The highest BCUT2D eigenvalue weighted by Gasteiger charge is 2.19. The summed E-state index contributed by atoms with van der Waals surface area (Å²) in [6.07, 6.45) is 3.24. The molecule has 0 spiro atoms. The van der Waals surface area contributed by atoms with E-state index in [1.54, 1.807) is 32.4 Å². The van der Waals surface area contributed by atoms with Gasteiger partial charge >= 0.3 is 5.97 Å². The number of hydrogen-bond acceptors (Lipinski definition) is 5. The summed E-state index contributed by atoms with van der Waals surface area (Å²) in [4.78, 5) is 19.9. The van der Waals surface area contributed by atoms with E-state index in [9.17, 15) is 4.79 Å². The number of hydrogen-bond donors (Lipinski definition) is 0. The predicted molar refractivity (Wildman–Crippen MR) is 60.3 cm³/mol. The summed E-state index contributed by atoms with van der Waals surface area (Å²) in [5, 5.41) is 4.05. The quantitative estimate of drug-likeness (QED) is 0.721. The fourth-order valence-corrected chi connectivity index (χ4v) is 1.57. The molecule has 6 heteroatoms. The van der Waals surface area contributed by atoms with Crippen LogP contribution in [0.2, 0.25) is 0 Å². The zero-order valence-corrected chi connectivity index (χ0v) is 9.84. The maximum atomic E-state index is 11.6. The normalized spacial score (nSPS) is 10.3. The molecule has 0 saturated carbocycles. The summed E-state index contributed by atoms with van der Waals surface area (Å²) in [7, 11) is 3.02. The SMILES string of the molecule is COC(=O)c1c(-c2ccnc(C)n2)cnn1C. The van der Waals surface area contributed by atoms with E-state index in [2.05, 4.69) is 15.1 Å². The van der Waals surface area contributed by atoms with Crippen molar-refractivity contribution >= 4 is 5.97 Å². The van der Waals surface area contributed by atoms with Crippen molar-refractivity contribution in [2.75, 3.05) is 7.11 Å². The van der Waals surface area contributed by atoms with Gasteiger partial charge in [-0.15, -0.1) is 0 Å². The Kier molecular flexibility index (Phi) is 2.86. The van der Waals surface area contributed by atoms with E-state index in [0.717, 1.165) is 0 Å². The van der Waals surface area contributed by atoms with E-state index < -0.39 is 5.97 Å². The van der Waals surface area contributed by atoms with Crippen LogP contribution < -0.4 is 0 Å². The monoisotopic (exact) mass is 232 g/mol. The minimum atomic E-state index is -0.434. The highest BCUT2D eigenvalue weighted by atomic mass is 16.5. The minimum absolute atomic E-state index is 0.380. The predicted octanol–water partition coefficient (Wildman–Crippen LogP) is 0.972. The van der Waals surface area contributed by atoms with E-state index in [0.29, 0.717) is 22.8 Å². The van der Waals surface area contributed by atoms with Crippen LogP contribution >= 0.6 is 0 Å². The molecule has 0 saturated heterocycles. The molecule has 0 N–H and O–H groups in total. The molecule has 88 valence electrons. The number of esters is 1. The van der Waals surface area contributed by atoms with Crippen LogP contribution in [0.1, 0.15) is 16.3 Å². The molecule has 2 rings (SSSR count). The molecule has 0 radical (unpaired) electrons. The second kappa shape index (κ2) is 4.32. The van der Waals surface area contributed by atoms with Gasteiger partial charge in [-0.05, 0) is 13.0 Å². The van der Waals surface area contributed by atoms with E-state index in [-0.39, 0.29) is 0 Å². The third-order valence-electron chi connectivity index (χ3n) is 2.37. The number of aryl methyl sites for hydroxylation is 2. The summed E-state index contributed by atoms with van der Waals surface area (Å²) in [6.45, 7) is 1.79. The van der Waals surface area contributed by atoms with Gasteiger partial charge in [0.05, 0.1) is 24.6 Å². The van der Waals surface area contributed by atoms with Crippen molar-refractivity contribution in [3.63, 3.8) is 0 Å². The van der Waals surface area contributed by atoms with E-state index in [4.69, 9.17) is 4.74 Å². The summed E-state index contributed by atoms with van der Waals surface area (Å²) in [5.74, 6) is 0.207. The van der Waals surface area contributed by atoms with Crippen LogP contribution in [0.3, 0.4) is 0 Å². The number of nitrogens with zero attached hydrogens (tertiary/aromatic N) is 4. The maximum absolute atomic E-state index is 11.6. The van der Waals surface area contributed by atoms with E-state index >= 15 is 0 Å². The third kappa shape index (κ3) is 2.01. The van der Waals surface area contributed by atoms with Crippen LogP contribution in [-0.2, 0) is 11.8 Å². The van der Waals surface area contributed by atoms with Gasteiger partial charge < -0.3 is 4.74 Å². The molecule has 0 fully saturated rings. The first kappa shape index (κ1) is 11.3. The molecule has 2 heterocycles. The van der Waals surface area contributed by atoms with Gasteiger partial charge in [0.25, 0.3) is 0 Å². The smallest absolute Gasteiger partial charge is 0.357 e. The van der Waals surface area contributed by atoms with Crippen LogP contribution in [0, 0.1) is 6.92 Å². The second-order valence-corrected chi connectivity index (χ2v) is 3.51. The van der Waals surface area contributed by atoms with Crippen LogP contribution in [-0.4, -0.2) is 32.8 Å². The van der Waals surface area contributed by atoms with Crippen LogP contribution in [0.4, 0.5) is 0 Å². The lowest BCUT2D eigenvalue weighted by Gasteiger charge is -2.03. The number of ether oxygens (including phenoxy) is 1. The van der Waals surface area contributed by atoms with Gasteiger partial charge in [0.15, 0.2) is 5.69 Å². The lowest BCUT2D eigenvalue weighted by molar-refractivity contribution is 0.0589. The molecule has 6 nitrogen and oxygen atoms in total. The van der Waals surface area contributed by atoms with Crippen molar-refractivity contribution in [2.24, 2.45) is 7.05 Å². The first-order valence-corrected chi connectivity index (χ1v) is 5.04. The highest BCUT2D eigenvalue weighted by molar-refractivity contribution is 5.94. The zero-order valence-electron chi connectivity index (χ0n) is 9.84. The molecule has 2 aromatic heterocycles. The minimum Gasteiger partial charge on any atom is -0.464 e. The van der Waals surface area contributed by atoms with Gasteiger partial charge in [-0.1, -0.05) is 0 Å². The van der Waals surface area contributed by atoms with Gasteiger partial charge in [0, 0.05) is 13.2 Å². The van der Waals surface area contributed by atoms with Crippen molar-refractivity contribution in [2.45, 2.75) is 6.92 Å². The number of carbonyl (C=O) groups is 1. The number of rotatable bonds is 2. The summed E-state index contributed by atoms with van der Waals surface area (Å²) < 4.78 is 6.20. The fraction of sp³-hybridized carbons (Fsp3) is 0.273. The van der Waals surface area contributed by atoms with Gasteiger partial charge in [-0.3, -0.25) is 4.68 Å². The van der Waals surface area contributed by atoms with Crippen molar-refractivity contribution < 1.29 is 9.53 Å². The lowest BCUT2D eigenvalue weighted by Crippen LogP contribution is -2.10. The fourth-order valence-electron chi connectivity index (χ4n) is 1.57. The van der Waals surface area contributed by atoms with Crippen molar-refractivity contribution in [1.29, 1.82) is 0 Å². The Hall–Kier alpha value is -2.24.